The Balaban J connectivity index is 2.58. The van der Waals surface area contributed by atoms with Crippen LogP contribution in [-0.4, -0.2) is 18.0 Å². The fourth-order valence-corrected chi connectivity index (χ4v) is 2.50. The Morgan fingerprint density at radius 3 is 2.41 bits per heavy atom. The smallest absolute Gasteiger partial charge is 0.241 e. The Morgan fingerprint density at radius 2 is 1.94 bits per heavy atom. The summed E-state index contributed by atoms with van der Waals surface area (Å²) in [7, 11) is 0. The molecule has 3 unspecified atom stereocenters. The molecule has 0 radical (unpaired) electrons. The van der Waals surface area contributed by atoms with E-state index in [9.17, 15) is 22.0 Å². The van der Waals surface area contributed by atoms with Crippen LogP contribution in [0.2, 0.25) is 0 Å². The second-order valence-electron chi connectivity index (χ2n) is 5.18. The molecule has 17 heavy (non-hydrogen) atoms. The van der Waals surface area contributed by atoms with Crippen molar-refractivity contribution in [3.05, 3.63) is 0 Å². The number of hydrogen-bond donors (Lipinski definition) is 0. The second-order valence-corrected chi connectivity index (χ2v) is 5.18. The van der Waals surface area contributed by atoms with Crippen LogP contribution < -0.4 is 0 Å². The Kier molecular flexibility index (Phi) is 4.42. The summed E-state index contributed by atoms with van der Waals surface area (Å²) in [4.78, 5) is 0. The highest BCUT2D eigenvalue weighted by atomic mass is 19.3. The molecule has 1 aliphatic carbocycles. The van der Waals surface area contributed by atoms with Crippen LogP contribution in [0.1, 0.15) is 46.0 Å². The van der Waals surface area contributed by atoms with E-state index in [-0.39, 0.29) is 25.7 Å². The molecule has 0 N–H and O–H groups in total. The summed E-state index contributed by atoms with van der Waals surface area (Å²) >= 11 is 0. The third-order valence-electron chi connectivity index (χ3n) is 3.66. The average Bonchev–Trinajstić information content (AvgIpc) is 2.20. The molecule has 1 rings (SSSR count). The van der Waals surface area contributed by atoms with Gasteiger partial charge in [0.2, 0.25) is 5.92 Å². The first kappa shape index (κ1) is 14.7. The number of halogens is 5. The minimum Gasteiger partial charge on any atom is -0.241 e. The van der Waals surface area contributed by atoms with E-state index in [1.54, 1.807) is 6.92 Å². The summed E-state index contributed by atoms with van der Waals surface area (Å²) in [5, 5.41) is 0. The highest BCUT2D eigenvalue weighted by Gasteiger charge is 2.46. The molecular weight excluding hydrogens is 239 g/mol. The molecule has 0 heterocycles. The summed E-state index contributed by atoms with van der Waals surface area (Å²) in [5.74, 6) is -7.12. The zero-order chi connectivity index (χ0) is 13.3. The molecule has 1 saturated carbocycles. The summed E-state index contributed by atoms with van der Waals surface area (Å²) in [6, 6.07) is 0. The van der Waals surface area contributed by atoms with Crippen LogP contribution in [0.4, 0.5) is 22.0 Å². The monoisotopic (exact) mass is 258 g/mol. The van der Waals surface area contributed by atoms with E-state index in [0.29, 0.717) is 0 Å². The van der Waals surface area contributed by atoms with E-state index in [1.807, 2.05) is 0 Å². The normalized spacial score (nSPS) is 31.2. The van der Waals surface area contributed by atoms with Gasteiger partial charge in [-0.15, -0.1) is 0 Å². The Bertz CT molecular complexity index is 251. The van der Waals surface area contributed by atoms with Crippen molar-refractivity contribution in [1.82, 2.24) is 0 Å². The van der Waals surface area contributed by atoms with Crippen LogP contribution in [0.15, 0.2) is 0 Å². The van der Waals surface area contributed by atoms with Crippen LogP contribution in [0.25, 0.3) is 0 Å². The molecule has 0 aromatic rings. The predicted molar refractivity (Wildman–Crippen MR) is 56.2 cm³/mol. The molecule has 0 saturated heterocycles. The summed E-state index contributed by atoms with van der Waals surface area (Å²) in [6.07, 6.45) is -3.70. The van der Waals surface area contributed by atoms with Gasteiger partial charge in [-0.25, -0.2) is 22.0 Å². The van der Waals surface area contributed by atoms with E-state index >= 15 is 0 Å². The fourth-order valence-electron chi connectivity index (χ4n) is 2.50. The zero-order valence-corrected chi connectivity index (χ0v) is 10.2. The van der Waals surface area contributed by atoms with Gasteiger partial charge in [0.1, 0.15) is 0 Å². The lowest BCUT2D eigenvalue weighted by atomic mass is 9.75. The molecule has 0 aromatic heterocycles. The SMILES string of the molecule is CCC(F)C(F)(F)CC1CCC(F)(F)CC1C. The third-order valence-corrected chi connectivity index (χ3v) is 3.66. The summed E-state index contributed by atoms with van der Waals surface area (Å²) in [5.41, 5.74) is 0. The number of rotatable bonds is 4. The molecule has 0 aliphatic heterocycles. The first-order chi connectivity index (χ1) is 7.68. The van der Waals surface area contributed by atoms with E-state index < -0.39 is 36.3 Å². The van der Waals surface area contributed by atoms with Crippen molar-refractivity contribution >= 4 is 0 Å². The van der Waals surface area contributed by atoms with Gasteiger partial charge in [-0.05, 0) is 24.7 Å². The minimum absolute atomic E-state index is 0.0557. The highest BCUT2D eigenvalue weighted by molar-refractivity contribution is 4.87. The number of alkyl halides is 5. The quantitative estimate of drug-likeness (QED) is 0.633. The fraction of sp³-hybridized carbons (Fsp3) is 1.00. The Morgan fingerprint density at radius 1 is 1.35 bits per heavy atom. The van der Waals surface area contributed by atoms with Gasteiger partial charge in [0.05, 0.1) is 0 Å². The lowest BCUT2D eigenvalue weighted by molar-refractivity contribution is -0.118. The maximum Gasteiger partial charge on any atom is 0.278 e. The zero-order valence-electron chi connectivity index (χ0n) is 10.2. The van der Waals surface area contributed by atoms with Crippen LogP contribution >= 0.6 is 0 Å². The second kappa shape index (κ2) is 5.11. The lowest BCUT2D eigenvalue weighted by Gasteiger charge is -2.36. The van der Waals surface area contributed by atoms with Crippen molar-refractivity contribution in [2.45, 2.75) is 64.0 Å². The first-order valence-corrected chi connectivity index (χ1v) is 6.07. The van der Waals surface area contributed by atoms with Crippen LogP contribution in [-0.2, 0) is 0 Å². The Hall–Kier alpha value is -0.350. The standard InChI is InChI=1S/C12H19F5/c1-3-10(13)12(16,17)7-9-4-5-11(14,15)6-8(9)2/h8-10H,3-7H2,1-2H3. The van der Waals surface area contributed by atoms with E-state index in [2.05, 4.69) is 0 Å². The molecule has 0 amide bonds. The van der Waals surface area contributed by atoms with Crippen molar-refractivity contribution in [3.63, 3.8) is 0 Å². The maximum absolute atomic E-state index is 13.4. The molecule has 0 bridgehead atoms. The van der Waals surface area contributed by atoms with E-state index in [1.165, 1.54) is 6.92 Å². The largest absolute Gasteiger partial charge is 0.278 e. The van der Waals surface area contributed by atoms with E-state index in [0.717, 1.165) is 0 Å². The van der Waals surface area contributed by atoms with Gasteiger partial charge in [0, 0.05) is 19.3 Å². The van der Waals surface area contributed by atoms with Crippen LogP contribution in [0, 0.1) is 11.8 Å². The van der Waals surface area contributed by atoms with Gasteiger partial charge >= 0.3 is 0 Å². The summed E-state index contributed by atoms with van der Waals surface area (Å²) < 4.78 is 65.9. The molecule has 3 atom stereocenters. The van der Waals surface area contributed by atoms with Crippen LogP contribution in [0.3, 0.4) is 0 Å². The van der Waals surface area contributed by atoms with Crippen LogP contribution in [0.5, 0.6) is 0 Å². The van der Waals surface area contributed by atoms with Crippen molar-refractivity contribution in [2.24, 2.45) is 11.8 Å². The van der Waals surface area contributed by atoms with Gasteiger partial charge in [0.25, 0.3) is 5.92 Å². The lowest BCUT2D eigenvalue weighted by Crippen LogP contribution is -2.38. The molecule has 1 fully saturated rings. The van der Waals surface area contributed by atoms with Crippen molar-refractivity contribution in [3.8, 4) is 0 Å². The highest BCUT2D eigenvalue weighted by Crippen LogP contribution is 2.44. The molecule has 0 nitrogen and oxygen atoms in total. The van der Waals surface area contributed by atoms with Gasteiger partial charge in [-0.3, -0.25) is 0 Å². The maximum atomic E-state index is 13.4. The molecule has 1 aliphatic rings. The molecule has 5 heteroatoms. The van der Waals surface area contributed by atoms with Crippen molar-refractivity contribution in [1.29, 1.82) is 0 Å². The predicted octanol–water partition coefficient (Wildman–Crippen LogP) is 4.83. The molecule has 0 spiro atoms. The number of hydrogen-bond acceptors (Lipinski definition) is 0. The Labute approximate surface area is 98.6 Å². The van der Waals surface area contributed by atoms with Gasteiger partial charge < -0.3 is 0 Å². The van der Waals surface area contributed by atoms with Crippen molar-refractivity contribution < 1.29 is 22.0 Å². The molecule has 102 valence electrons. The topological polar surface area (TPSA) is 0 Å². The van der Waals surface area contributed by atoms with Gasteiger partial charge in [-0.2, -0.15) is 0 Å². The minimum atomic E-state index is -3.39. The summed E-state index contributed by atoms with van der Waals surface area (Å²) in [6.45, 7) is 2.91. The molecule has 0 aromatic carbocycles. The van der Waals surface area contributed by atoms with Crippen molar-refractivity contribution in [2.75, 3.05) is 0 Å². The van der Waals surface area contributed by atoms with E-state index in [4.69, 9.17) is 0 Å². The first-order valence-electron chi connectivity index (χ1n) is 6.07. The molecular formula is C12H19F5. The van der Waals surface area contributed by atoms with Gasteiger partial charge in [-0.1, -0.05) is 13.8 Å². The third kappa shape index (κ3) is 3.81. The van der Waals surface area contributed by atoms with Gasteiger partial charge in [0.15, 0.2) is 6.17 Å². The average molecular weight is 258 g/mol.